The fraction of sp³-hybridized carbons (Fsp3) is 0.143. The molecule has 1 aromatic carbocycles. The van der Waals surface area contributed by atoms with Gasteiger partial charge in [0.1, 0.15) is 0 Å². The Morgan fingerprint density at radius 2 is 1.79 bits per heavy atom. The average molecular weight is 275 g/mol. The van der Waals surface area contributed by atoms with Crippen LogP contribution in [0.1, 0.15) is 10.7 Å². The van der Waals surface area contributed by atoms with E-state index >= 15 is 0 Å². The number of rotatable bonds is 2. The average Bonchev–Trinajstić information content (AvgIpc) is 2.07. The highest BCUT2D eigenvalue weighted by atomic mass is 35.5. The van der Waals surface area contributed by atoms with Gasteiger partial charge in [-0.3, -0.25) is 4.57 Å². The predicted octanol–water partition coefficient (Wildman–Crippen LogP) is 3.41. The van der Waals surface area contributed by atoms with Crippen molar-refractivity contribution in [3.63, 3.8) is 0 Å². The molecule has 0 aliphatic carbocycles. The van der Waals surface area contributed by atoms with Crippen molar-refractivity contribution < 1.29 is 14.4 Å². The Morgan fingerprint density at radius 3 is 2.21 bits per heavy atom. The summed E-state index contributed by atoms with van der Waals surface area (Å²) in [6.45, 7) is 0. The Bertz CT molecular complexity index is 390. The van der Waals surface area contributed by atoms with Crippen molar-refractivity contribution in [1.29, 1.82) is 0 Å². The largest absolute Gasteiger partial charge is 0.347 e. The second-order valence-electron chi connectivity index (χ2n) is 2.60. The van der Waals surface area contributed by atoms with Gasteiger partial charge in [-0.25, -0.2) is 0 Å². The first-order valence-corrected chi connectivity index (χ1v) is 6.34. The van der Waals surface area contributed by atoms with Crippen LogP contribution in [0.2, 0.25) is 10.0 Å². The van der Waals surface area contributed by atoms with Gasteiger partial charge in [-0.1, -0.05) is 29.3 Å². The lowest BCUT2D eigenvalue weighted by molar-refractivity contribution is 0.370. The van der Waals surface area contributed by atoms with E-state index in [1.54, 1.807) is 0 Å². The predicted molar refractivity (Wildman–Crippen MR) is 57.1 cm³/mol. The maximum absolute atomic E-state index is 10.8. The van der Waals surface area contributed by atoms with Gasteiger partial charge in [0, 0.05) is 0 Å². The molecule has 14 heavy (non-hydrogen) atoms. The van der Waals surface area contributed by atoms with Gasteiger partial charge in [-0.15, -0.1) is 11.6 Å². The van der Waals surface area contributed by atoms with Crippen molar-refractivity contribution in [2.24, 2.45) is 0 Å². The molecule has 7 heteroatoms. The number of alkyl halides is 1. The summed E-state index contributed by atoms with van der Waals surface area (Å²) in [6.07, 6.45) is 0. The second-order valence-corrected chi connectivity index (χ2v) is 5.85. The van der Waals surface area contributed by atoms with Crippen molar-refractivity contribution in [1.82, 2.24) is 0 Å². The topological polar surface area (TPSA) is 57.5 Å². The first kappa shape index (κ1) is 12.3. The summed E-state index contributed by atoms with van der Waals surface area (Å²) < 4.78 is 10.8. The van der Waals surface area contributed by atoms with Crippen LogP contribution < -0.4 is 0 Å². The number of hydrogen-bond donors (Lipinski definition) is 2. The van der Waals surface area contributed by atoms with Crippen LogP contribution in [-0.4, -0.2) is 9.79 Å². The minimum absolute atomic E-state index is 0.211. The quantitative estimate of drug-likeness (QED) is 0.642. The normalized spacial score (nSPS) is 14.1. The van der Waals surface area contributed by atoms with E-state index in [4.69, 9.17) is 44.6 Å². The van der Waals surface area contributed by atoms with E-state index in [-0.39, 0.29) is 10.6 Å². The van der Waals surface area contributed by atoms with Gasteiger partial charge in [0.25, 0.3) is 0 Å². The second kappa shape index (κ2) is 4.40. The summed E-state index contributed by atoms with van der Waals surface area (Å²) in [7, 11) is -4.35. The summed E-state index contributed by atoms with van der Waals surface area (Å²) in [5, 5.41) is -0.870. The Hall–Kier alpha value is 0.240. The first-order valence-electron chi connectivity index (χ1n) is 3.46. The van der Waals surface area contributed by atoms with Crippen molar-refractivity contribution in [3.8, 4) is 0 Å². The van der Waals surface area contributed by atoms with Crippen LogP contribution in [0.5, 0.6) is 0 Å². The minimum Gasteiger partial charge on any atom is -0.323 e. The van der Waals surface area contributed by atoms with Gasteiger partial charge in [0.2, 0.25) is 0 Å². The summed E-state index contributed by atoms with van der Waals surface area (Å²) in [5.74, 6) is 0. The molecule has 1 rings (SSSR count). The Labute approximate surface area is 95.8 Å². The maximum atomic E-state index is 10.8. The van der Waals surface area contributed by atoms with E-state index in [9.17, 15) is 4.57 Å². The smallest absolute Gasteiger partial charge is 0.323 e. The van der Waals surface area contributed by atoms with E-state index in [2.05, 4.69) is 0 Å². The molecular weight excluding hydrogens is 269 g/mol. The molecule has 78 valence electrons. The standard InChI is InChI=1S/C7H6Cl3O3P/c8-5-2-1-4(3-6(5)9)7(10)14(11,12)13/h1-3,7H,(H2,11,12,13). The van der Waals surface area contributed by atoms with Gasteiger partial charge in [0.05, 0.1) is 10.0 Å². The number of benzene rings is 1. The monoisotopic (exact) mass is 274 g/mol. The molecule has 0 fully saturated rings. The zero-order chi connectivity index (χ0) is 10.9. The molecule has 0 aliphatic rings. The summed E-state index contributed by atoms with van der Waals surface area (Å²) >= 11 is 16.8. The van der Waals surface area contributed by atoms with Crippen LogP contribution in [-0.2, 0) is 4.57 Å². The van der Waals surface area contributed by atoms with Crippen LogP contribution >= 0.6 is 42.4 Å². The molecule has 1 aromatic rings. The molecule has 1 atom stereocenters. The lowest BCUT2D eigenvalue weighted by Gasteiger charge is -2.11. The van der Waals surface area contributed by atoms with Gasteiger partial charge >= 0.3 is 7.60 Å². The molecular formula is C7H6Cl3O3P. The summed E-state index contributed by atoms with van der Waals surface area (Å²) in [5.41, 5.74) is 0.245. The molecule has 0 amide bonds. The molecule has 3 nitrogen and oxygen atoms in total. The summed E-state index contributed by atoms with van der Waals surface area (Å²) in [6, 6.07) is 4.19. The third-order valence-corrected chi connectivity index (χ3v) is 4.16. The lowest BCUT2D eigenvalue weighted by Crippen LogP contribution is -1.91. The molecule has 0 spiro atoms. The Balaban J connectivity index is 3.09. The molecule has 2 N–H and O–H groups in total. The third kappa shape index (κ3) is 2.86. The molecule has 0 aliphatic heterocycles. The fourth-order valence-corrected chi connectivity index (χ4v) is 1.85. The van der Waals surface area contributed by atoms with Crippen LogP contribution in [0.15, 0.2) is 18.2 Å². The van der Waals surface area contributed by atoms with Gasteiger partial charge in [-0.2, -0.15) is 0 Å². The highest BCUT2D eigenvalue weighted by Gasteiger charge is 2.28. The fourth-order valence-electron chi connectivity index (χ4n) is 0.855. The highest BCUT2D eigenvalue weighted by molar-refractivity contribution is 7.54. The van der Waals surface area contributed by atoms with E-state index in [0.717, 1.165) is 0 Å². The number of hydrogen-bond acceptors (Lipinski definition) is 1. The van der Waals surface area contributed by atoms with E-state index in [1.165, 1.54) is 18.2 Å². The molecule has 0 radical (unpaired) electrons. The lowest BCUT2D eigenvalue weighted by atomic mass is 10.2. The highest BCUT2D eigenvalue weighted by Crippen LogP contribution is 2.54. The molecule has 0 heterocycles. The maximum Gasteiger partial charge on any atom is 0.347 e. The molecule has 0 saturated heterocycles. The van der Waals surface area contributed by atoms with E-state index < -0.39 is 12.7 Å². The van der Waals surface area contributed by atoms with Crippen molar-refractivity contribution in [2.45, 2.75) is 5.12 Å². The van der Waals surface area contributed by atoms with Crippen molar-refractivity contribution in [3.05, 3.63) is 33.8 Å². The van der Waals surface area contributed by atoms with Gasteiger partial charge in [0.15, 0.2) is 5.12 Å². The SMILES string of the molecule is O=P(O)(O)C(Cl)c1ccc(Cl)c(Cl)c1. The number of halogens is 3. The summed E-state index contributed by atoms with van der Waals surface area (Å²) in [4.78, 5) is 17.6. The van der Waals surface area contributed by atoms with Crippen LogP contribution in [0, 0.1) is 0 Å². The Morgan fingerprint density at radius 1 is 1.21 bits per heavy atom. The molecule has 1 unspecified atom stereocenters. The molecule has 0 aromatic heterocycles. The van der Waals surface area contributed by atoms with Gasteiger partial charge < -0.3 is 9.79 Å². The van der Waals surface area contributed by atoms with Crippen molar-refractivity contribution in [2.75, 3.05) is 0 Å². The van der Waals surface area contributed by atoms with E-state index in [1.807, 2.05) is 0 Å². The zero-order valence-electron chi connectivity index (χ0n) is 6.69. The van der Waals surface area contributed by atoms with Crippen LogP contribution in [0.4, 0.5) is 0 Å². The molecule has 0 saturated carbocycles. The zero-order valence-corrected chi connectivity index (χ0v) is 9.86. The van der Waals surface area contributed by atoms with Crippen molar-refractivity contribution >= 4 is 42.4 Å². The van der Waals surface area contributed by atoms with Gasteiger partial charge in [-0.05, 0) is 17.7 Å². The Kier molecular flexibility index (Phi) is 3.87. The van der Waals surface area contributed by atoms with Crippen LogP contribution in [0.25, 0.3) is 0 Å². The van der Waals surface area contributed by atoms with Crippen LogP contribution in [0.3, 0.4) is 0 Å². The third-order valence-electron chi connectivity index (χ3n) is 1.51. The molecule has 0 bridgehead atoms. The first-order chi connectivity index (χ1) is 6.32. The minimum atomic E-state index is -4.35. The van der Waals surface area contributed by atoms with E-state index in [0.29, 0.717) is 5.02 Å².